The van der Waals surface area contributed by atoms with Crippen molar-refractivity contribution in [2.75, 3.05) is 7.11 Å². The lowest BCUT2D eigenvalue weighted by Crippen LogP contribution is -2.41. The highest BCUT2D eigenvalue weighted by Gasteiger charge is 2.35. The minimum absolute atomic E-state index is 0.111. The lowest BCUT2D eigenvalue weighted by Gasteiger charge is -2.27. The lowest BCUT2D eigenvalue weighted by molar-refractivity contribution is -0.148. The number of benzene rings is 1. The number of carboxylic acid groups (broad SMARTS) is 1. The van der Waals surface area contributed by atoms with Crippen LogP contribution in [0.15, 0.2) is 30.4 Å². The fourth-order valence-electron chi connectivity index (χ4n) is 2.89. The molecule has 3 atom stereocenters. The summed E-state index contributed by atoms with van der Waals surface area (Å²) in [7, 11) is 1.25. The molecule has 2 N–H and O–H groups in total. The zero-order chi connectivity index (χ0) is 19.3. The molecule has 0 saturated heterocycles. The number of allylic oxidation sites excluding steroid dienone is 2. The molecule has 0 aliphatic heterocycles. The number of ether oxygens (including phenoxy) is 1. The molecule has 140 valence electrons. The molecule has 6 nitrogen and oxygen atoms in total. The number of hydrogen-bond acceptors (Lipinski definition) is 4. The molecular formula is C18H19Cl2NO5. The number of carbonyl (C=O) groups is 3. The number of carboxylic acids is 1. The fourth-order valence-corrected chi connectivity index (χ4v) is 3.19. The van der Waals surface area contributed by atoms with Crippen LogP contribution in [0.1, 0.15) is 30.9 Å². The number of nitrogens with one attached hydrogen (secondary N) is 1. The number of methoxy groups -OCH3 is 1. The van der Waals surface area contributed by atoms with Gasteiger partial charge in [-0.3, -0.25) is 14.4 Å². The second-order valence-corrected chi connectivity index (χ2v) is 6.82. The standard InChI is InChI=1S/C18H19Cl2NO5/c1-26-16(22)9-15(10-6-7-13(19)14(20)8-10)21-17(23)11-4-2-3-5-12(11)18(24)25/h2-3,6-8,11-12,15H,4-5,9H2,1H3,(H,21,23)(H,24,25)/t11-,12+,15+/m1/s1. The van der Waals surface area contributed by atoms with E-state index in [-0.39, 0.29) is 11.4 Å². The number of carbonyl (C=O) groups excluding carboxylic acids is 2. The van der Waals surface area contributed by atoms with Crippen LogP contribution in [0.3, 0.4) is 0 Å². The number of halogens is 2. The normalized spacial score (nSPS) is 20.3. The Hall–Kier alpha value is -2.05. The third-order valence-corrected chi connectivity index (χ3v) is 5.09. The van der Waals surface area contributed by atoms with Gasteiger partial charge < -0.3 is 15.2 Å². The van der Waals surface area contributed by atoms with Gasteiger partial charge in [0.1, 0.15) is 0 Å². The minimum atomic E-state index is -1.02. The molecule has 2 rings (SSSR count). The van der Waals surface area contributed by atoms with Crippen molar-refractivity contribution in [2.24, 2.45) is 11.8 Å². The predicted octanol–water partition coefficient (Wildman–Crippen LogP) is 3.38. The molecule has 0 spiro atoms. The van der Waals surface area contributed by atoms with Gasteiger partial charge in [0.15, 0.2) is 0 Å². The van der Waals surface area contributed by atoms with Gasteiger partial charge in [-0.2, -0.15) is 0 Å². The number of esters is 1. The van der Waals surface area contributed by atoms with Crippen LogP contribution >= 0.6 is 23.2 Å². The summed E-state index contributed by atoms with van der Waals surface area (Å²) in [6.07, 6.45) is 4.06. The molecule has 0 saturated carbocycles. The summed E-state index contributed by atoms with van der Waals surface area (Å²) in [5, 5.41) is 12.7. The van der Waals surface area contributed by atoms with E-state index in [0.717, 1.165) is 0 Å². The van der Waals surface area contributed by atoms with Gasteiger partial charge in [-0.05, 0) is 30.5 Å². The maximum absolute atomic E-state index is 12.7. The maximum atomic E-state index is 12.7. The predicted molar refractivity (Wildman–Crippen MR) is 97.0 cm³/mol. The SMILES string of the molecule is COC(=O)C[C@H](NC(=O)[C@@H]1CC=CC[C@@H]1C(=O)O)c1ccc(Cl)c(Cl)c1. The maximum Gasteiger partial charge on any atom is 0.307 e. The highest BCUT2D eigenvalue weighted by molar-refractivity contribution is 6.42. The lowest BCUT2D eigenvalue weighted by atomic mass is 9.82. The molecule has 8 heteroatoms. The molecule has 0 aromatic heterocycles. The van der Waals surface area contributed by atoms with Gasteiger partial charge in [-0.15, -0.1) is 0 Å². The van der Waals surface area contributed by atoms with Crippen LogP contribution in [-0.2, 0) is 19.1 Å². The molecule has 1 aliphatic rings. The van der Waals surface area contributed by atoms with Gasteiger partial charge in [0.05, 0.1) is 41.5 Å². The van der Waals surface area contributed by atoms with Gasteiger partial charge in [-0.1, -0.05) is 41.4 Å². The van der Waals surface area contributed by atoms with Crippen LogP contribution in [0.25, 0.3) is 0 Å². The van der Waals surface area contributed by atoms with Crippen LogP contribution in [0.5, 0.6) is 0 Å². The largest absolute Gasteiger partial charge is 0.481 e. The van der Waals surface area contributed by atoms with E-state index in [1.54, 1.807) is 30.4 Å². The van der Waals surface area contributed by atoms with Gasteiger partial charge in [0.25, 0.3) is 0 Å². The van der Waals surface area contributed by atoms with Gasteiger partial charge in [-0.25, -0.2) is 0 Å². The van der Waals surface area contributed by atoms with Crippen LogP contribution in [-0.4, -0.2) is 30.1 Å². The van der Waals surface area contributed by atoms with Gasteiger partial charge in [0.2, 0.25) is 5.91 Å². The molecule has 0 heterocycles. The molecule has 1 aromatic rings. The van der Waals surface area contributed by atoms with E-state index in [4.69, 9.17) is 23.2 Å². The van der Waals surface area contributed by atoms with Crippen LogP contribution < -0.4 is 5.32 Å². The summed E-state index contributed by atoms with van der Waals surface area (Å²) < 4.78 is 4.69. The number of aliphatic carboxylic acids is 1. The van der Waals surface area contributed by atoms with E-state index in [0.29, 0.717) is 23.4 Å². The number of amides is 1. The summed E-state index contributed by atoms with van der Waals surface area (Å²) in [5.41, 5.74) is 0.580. The summed E-state index contributed by atoms with van der Waals surface area (Å²) in [6, 6.07) is 4.08. The Kier molecular flexibility index (Phi) is 7.06. The van der Waals surface area contributed by atoms with E-state index in [1.165, 1.54) is 7.11 Å². The first-order chi connectivity index (χ1) is 12.3. The molecule has 0 bridgehead atoms. The molecule has 0 fully saturated rings. The molecule has 1 amide bonds. The van der Waals surface area contributed by atoms with Crippen molar-refractivity contribution in [3.63, 3.8) is 0 Å². The zero-order valence-electron chi connectivity index (χ0n) is 14.1. The summed E-state index contributed by atoms with van der Waals surface area (Å²) >= 11 is 11.9. The second kappa shape index (κ2) is 9.05. The first kappa shape index (κ1) is 20.3. The third-order valence-electron chi connectivity index (χ3n) is 4.35. The van der Waals surface area contributed by atoms with Gasteiger partial charge in [0, 0.05) is 0 Å². The smallest absolute Gasteiger partial charge is 0.307 e. The first-order valence-electron chi connectivity index (χ1n) is 8.03. The average molecular weight is 400 g/mol. The second-order valence-electron chi connectivity index (χ2n) is 6.01. The monoisotopic (exact) mass is 399 g/mol. The molecule has 1 aromatic carbocycles. The average Bonchev–Trinajstić information content (AvgIpc) is 2.63. The zero-order valence-corrected chi connectivity index (χ0v) is 15.6. The molecule has 0 radical (unpaired) electrons. The number of hydrogen-bond donors (Lipinski definition) is 2. The molecular weight excluding hydrogens is 381 g/mol. The highest BCUT2D eigenvalue weighted by Crippen LogP contribution is 2.30. The van der Waals surface area contributed by atoms with E-state index < -0.39 is 35.7 Å². The quantitative estimate of drug-likeness (QED) is 0.564. The fraction of sp³-hybridized carbons (Fsp3) is 0.389. The van der Waals surface area contributed by atoms with E-state index in [2.05, 4.69) is 10.1 Å². The van der Waals surface area contributed by atoms with Crippen molar-refractivity contribution in [3.05, 3.63) is 46.0 Å². The highest BCUT2D eigenvalue weighted by atomic mass is 35.5. The molecule has 1 aliphatic carbocycles. The Balaban J connectivity index is 2.23. The van der Waals surface area contributed by atoms with E-state index in [1.807, 2.05) is 0 Å². The van der Waals surface area contributed by atoms with Crippen molar-refractivity contribution in [1.82, 2.24) is 5.32 Å². The van der Waals surface area contributed by atoms with Gasteiger partial charge >= 0.3 is 11.9 Å². The topological polar surface area (TPSA) is 92.7 Å². The first-order valence-corrected chi connectivity index (χ1v) is 8.79. The van der Waals surface area contributed by atoms with Crippen molar-refractivity contribution < 1.29 is 24.2 Å². The Morgan fingerprint density at radius 2 is 1.85 bits per heavy atom. The number of rotatable bonds is 6. The van der Waals surface area contributed by atoms with Crippen LogP contribution in [0.2, 0.25) is 10.0 Å². The van der Waals surface area contributed by atoms with Crippen molar-refractivity contribution in [2.45, 2.75) is 25.3 Å². The van der Waals surface area contributed by atoms with E-state index >= 15 is 0 Å². The Bertz CT molecular complexity index is 734. The Morgan fingerprint density at radius 1 is 1.19 bits per heavy atom. The Morgan fingerprint density at radius 3 is 2.42 bits per heavy atom. The van der Waals surface area contributed by atoms with Crippen LogP contribution in [0, 0.1) is 11.8 Å². The van der Waals surface area contributed by atoms with Crippen molar-refractivity contribution in [1.29, 1.82) is 0 Å². The minimum Gasteiger partial charge on any atom is -0.481 e. The van der Waals surface area contributed by atoms with Crippen molar-refractivity contribution in [3.8, 4) is 0 Å². The van der Waals surface area contributed by atoms with E-state index in [9.17, 15) is 19.5 Å². The van der Waals surface area contributed by atoms with Crippen LogP contribution in [0.4, 0.5) is 0 Å². The summed E-state index contributed by atoms with van der Waals surface area (Å²) in [6.45, 7) is 0. The van der Waals surface area contributed by atoms with Crippen molar-refractivity contribution >= 4 is 41.0 Å². The third kappa shape index (κ3) is 4.99. The molecule has 0 unspecified atom stereocenters. The molecule has 26 heavy (non-hydrogen) atoms. The summed E-state index contributed by atoms with van der Waals surface area (Å²) in [4.78, 5) is 35.8. The Labute approximate surface area is 161 Å². The summed E-state index contributed by atoms with van der Waals surface area (Å²) in [5.74, 6) is -3.47.